The lowest BCUT2D eigenvalue weighted by atomic mass is 10.1. The summed E-state index contributed by atoms with van der Waals surface area (Å²) < 4.78 is 11.6. The molecule has 1 aliphatic heterocycles. The van der Waals surface area contributed by atoms with Gasteiger partial charge in [0.15, 0.2) is 0 Å². The first kappa shape index (κ1) is 21.5. The van der Waals surface area contributed by atoms with E-state index in [0.29, 0.717) is 26.1 Å². The van der Waals surface area contributed by atoms with E-state index in [1.807, 2.05) is 59.7 Å². The zero-order chi connectivity index (χ0) is 21.5. The topological polar surface area (TPSA) is 51.7 Å². The Hall–Kier alpha value is -2.70. The zero-order valence-electron chi connectivity index (χ0n) is 17.8. The average molecular weight is 437 g/mol. The summed E-state index contributed by atoms with van der Waals surface area (Å²) in [7, 11) is 0. The van der Waals surface area contributed by atoms with Crippen molar-refractivity contribution in [1.82, 2.24) is 9.88 Å². The fourth-order valence-corrected chi connectivity index (χ4v) is 4.34. The van der Waals surface area contributed by atoms with Crippen molar-refractivity contribution in [3.05, 3.63) is 81.8 Å². The Morgan fingerprint density at radius 1 is 1.19 bits per heavy atom. The summed E-state index contributed by atoms with van der Waals surface area (Å²) in [5.41, 5.74) is 3.12. The number of aromatic nitrogens is 1. The van der Waals surface area contributed by atoms with Crippen molar-refractivity contribution in [3.63, 3.8) is 0 Å². The molecule has 1 atom stereocenters. The highest BCUT2D eigenvalue weighted by Crippen LogP contribution is 2.19. The maximum Gasteiger partial charge on any atom is 0.229 e. The van der Waals surface area contributed by atoms with E-state index < -0.39 is 0 Å². The zero-order valence-corrected chi connectivity index (χ0v) is 18.6. The lowest BCUT2D eigenvalue weighted by molar-refractivity contribution is -0.132. The second-order valence-corrected chi connectivity index (χ2v) is 8.85. The first-order valence-corrected chi connectivity index (χ1v) is 11.6. The SMILES string of the molecule is Cc1ccc(OCc2nc(CC(=O)N(Cc3ccccc3)CC3CCCO3)cs2)cc1. The van der Waals surface area contributed by atoms with Crippen molar-refractivity contribution in [3.8, 4) is 5.75 Å². The molecule has 3 aromatic rings. The number of ether oxygens (including phenoxy) is 2. The second kappa shape index (κ2) is 10.6. The van der Waals surface area contributed by atoms with Crippen molar-refractivity contribution >= 4 is 17.2 Å². The Bertz CT molecular complexity index is 966. The fraction of sp³-hybridized carbons (Fsp3) is 0.360. The molecule has 0 radical (unpaired) electrons. The number of nitrogens with zero attached hydrogens (tertiary/aromatic N) is 2. The van der Waals surface area contributed by atoms with Crippen LogP contribution in [0.25, 0.3) is 0 Å². The van der Waals surface area contributed by atoms with Crippen LogP contribution >= 0.6 is 11.3 Å². The summed E-state index contributed by atoms with van der Waals surface area (Å²) in [5, 5.41) is 2.83. The van der Waals surface area contributed by atoms with Crippen molar-refractivity contribution in [2.24, 2.45) is 0 Å². The molecular weight excluding hydrogens is 408 g/mol. The predicted octanol–water partition coefficient (Wildman–Crippen LogP) is 4.78. The van der Waals surface area contributed by atoms with Gasteiger partial charge in [-0.3, -0.25) is 4.79 Å². The van der Waals surface area contributed by atoms with Gasteiger partial charge in [0.2, 0.25) is 5.91 Å². The molecule has 5 nitrogen and oxygen atoms in total. The minimum absolute atomic E-state index is 0.0793. The van der Waals surface area contributed by atoms with Gasteiger partial charge in [0, 0.05) is 25.1 Å². The molecule has 1 amide bonds. The normalized spacial score (nSPS) is 15.7. The van der Waals surface area contributed by atoms with Crippen molar-refractivity contribution in [2.75, 3.05) is 13.2 Å². The summed E-state index contributed by atoms with van der Waals surface area (Å²) in [4.78, 5) is 19.7. The summed E-state index contributed by atoms with van der Waals surface area (Å²) in [6, 6.07) is 18.1. The van der Waals surface area contributed by atoms with Crippen LogP contribution in [0, 0.1) is 6.92 Å². The Morgan fingerprint density at radius 3 is 2.74 bits per heavy atom. The maximum absolute atomic E-state index is 13.1. The van der Waals surface area contributed by atoms with Crippen molar-refractivity contribution in [2.45, 2.75) is 45.4 Å². The molecule has 0 bridgehead atoms. The third kappa shape index (κ3) is 6.39. The highest BCUT2D eigenvalue weighted by atomic mass is 32.1. The number of amides is 1. The first-order chi connectivity index (χ1) is 15.2. The number of carbonyl (C=O) groups is 1. The molecule has 0 saturated carbocycles. The van der Waals surface area contributed by atoms with Gasteiger partial charge in [-0.1, -0.05) is 48.0 Å². The lowest BCUT2D eigenvalue weighted by Crippen LogP contribution is -2.37. The molecule has 1 aliphatic rings. The van der Waals surface area contributed by atoms with Gasteiger partial charge in [-0.15, -0.1) is 11.3 Å². The standard InChI is InChI=1S/C25H28N2O3S/c1-19-9-11-22(12-10-19)30-17-24-26-21(18-31-24)14-25(28)27(16-23-8-5-13-29-23)15-20-6-3-2-4-7-20/h2-4,6-7,9-12,18,23H,5,8,13-17H2,1H3. The van der Waals surface area contributed by atoms with Crippen molar-refractivity contribution < 1.29 is 14.3 Å². The highest BCUT2D eigenvalue weighted by Gasteiger charge is 2.23. The predicted molar refractivity (Wildman–Crippen MR) is 122 cm³/mol. The summed E-state index contributed by atoms with van der Waals surface area (Å²) in [6.07, 6.45) is 2.49. The van der Waals surface area contributed by atoms with Crippen LogP contribution in [0.3, 0.4) is 0 Å². The average Bonchev–Trinajstić information content (AvgIpc) is 3.46. The molecule has 0 spiro atoms. The quantitative estimate of drug-likeness (QED) is 0.484. The third-order valence-corrected chi connectivity index (χ3v) is 6.20. The Labute approximate surface area is 187 Å². The molecule has 0 N–H and O–H groups in total. The molecule has 4 rings (SSSR count). The summed E-state index contributed by atoms with van der Waals surface area (Å²) >= 11 is 1.53. The molecule has 2 heterocycles. The van der Waals surface area contributed by atoms with Gasteiger partial charge in [-0.25, -0.2) is 4.98 Å². The van der Waals surface area contributed by atoms with E-state index in [1.54, 1.807) is 0 Å². The molecule has 31 heavy (non-hydrogen) atoms. The number of thiazole rings is 1. The molecule has 2 aromatic carbocycles. The highest BCUT2D eigenvalue weighted by molar-refractivity contribution is 7.09. The Kier molecular flexibility index (Phi) is 7.33. The fourth-order valence-electron chi connectivity index (χ4n) is 3.64. The number of benzene rings is 2. The van der Waals surface area contributed by atoms with E-state index in [0.717, 1.165) is 41.5 Å². The second-order valence-electron chi connectivity index (χ2n) is 7.91. The number of rotatable bonds is 9. The largest absolute Gasteiger partial charge is 0.486 e. The minimum atomic E-state index is 0.0793. The van der Waals surface area contributed by atoms with Crippen LogP contribution in [0.15, 0.2) is 60.0 Å². The van der Waals surface area contributed by atoms with Gasteiger partial charge in [0.1, 0.15) is 17.4 Å². The van der Waals surface area contributed by atoms with Gasteiger partial charge >= 0.3 is 0 Å². The minimum Gasteiger partial charge on any atom is -0.486 e. The van der Waals surface area contributed by atoms with Gasteiger partial charge in [0.05, 0.1) is 18.2 Å². The Morgan fingerprint density at radius 2 is 2.00 bits per heavy atom. The van der Waals surface area contributed by atoms with E-state index in [-0.39, 0.29) is 12.0 Å². The van der Waals surface area contributed by atoms with Crippen LogP contribution in [-0.4, -0.2) is 35.0 Å². The number of aryl methyl sites for hydroxylation is 1. The summed E-state index contributed by atoms with van der Waals surface area (Å²) in [5.74, 6) is 0.902. The number of hydrogen-bond acceptors (Lipinski definition) is 5. The van der Waals surface area contributed by atoms with Crippen LogP contribution in [-0.2, 0) is 29.1 Å². The van der Waals surface area contributed by atoms with E-state index in [4.69, 9.17) is 9.47 Å². The number of carbonyl (C=O) groups excluding carboxylic acids is 1. The molecular formula is C25H28N2O3S. The monoisotopic (exact) mass is 436 g/mol. The molecule has 0 aliphatic carbocycles. The van der Waals surface area contributed by atoms with Crippen LogP contribution in [0.5, 0.6) is 5.75 Å². The van der Waals surface area contributed by atoms with E-state index >= 15 is 0 Å². The Balaban J connectivity index is 1.36. The third-order valence-electron chi connectivity index (χ3n) is 5.33. The molecule has 1 unspecified atom stereocenters. The van der Waals surface area contributed by atoms with Gasteiger partial charge in [-0.2, -0.15) is 0 Å². The van der Waals surface area contributed by atoms with Crippen LogP contribution in [0.1, 0.15) is 34.7 Å². The van der Waals surface area contributed by atoms with E-state index in [2.05, 4.69) is 17.1 Å². The van der Waals surface area contributed by atoms with E-state index in [1.165, 1.54) is 16.9 Å². The molecule has 162 valence electrons. The first-order valence-electron chi connectivity index (χ1n) is 10.7. The van der Waals surface area contributed by atoms with Crippen molar-refractivity contribution in [1.29, 1.82) is 0 Å². The van der Waals surface area contributed by atoms with Gasteiger partial charge in [0.25, 0.3) is 0 Å². The van der Waals surface area contributed by atoms with Crippen LogP contribution in [0.2, 0.25) is 0 Å². The van der Waals surface area contributed by atoms with Gasteiger partial charge < -0.3 is 14.4 Å². The smallest absolute Gasteiger partial charge is 0.229 e. The molecule has 1 saturated heterocycles. The van der Waals surface area contributed by atoms with Crippen LogP contribution in [0.4, 0.5) is 0 Å². The summed E-state index contributed by atoms with van der Waals surface area (Å²) in [6.45, 7) is 4.46. The number of hydrogen-bond donors (Lipinski definition) is 0. The lowest BCUT2D eigenvalue weighted by Gasteiger charge is -2.25. The molecule has 1 aromatic heterocycles. The van der Waals surface area contributed by atoms with Crippen LogP contribution < -0.4 is 4.74 Å². The molecule has 6 heteroatoms. The maximum atomic E-state index is 13.1. The molecule has 1 fully saturated rings. The van der Waals surface area contributed by atoms with Gasteiger partial charge in [-0.05, 0) is 37.5 Å². The van der Waals surface area contributed by atoms with E-state index in [9.17, 15) is 4.79 Å².